The second-order valence-corrected chi connectivity index (χ2v) is 3.37. The molecule has 1 saturated carbocycles. The lowest BCUT2D eigenvalue weighted by molar-refractivity contribution is 0.193. The van der Waals surface area contributed by atoms with E-state index < -0.39 is 0 Å². The van der Waals surface area contributed by atoms with E-state index in [2.05, 4.69) is 12.2 Å². The molecule has 0 aromatic heterocycles. The van der Waals surface area contributed by atoms with Gasteiger partial charge in [-0.05, 0) is 18.3 Å². The van der Waals surface area contributed by atoms with Crippen molar-refractivity contribution in [2.45, 2.75) is 12.5 Å². The summed E-state index contributed by atoms with van der Waals surface area (Å²) in [4.78, 5) is 0. The SMILES string of the molecule is N[C@@H]1[C@H](CO)[C@@H]2C=C[C@@H]1C2. The van der Waals surface area contributed by atoms with Crippen LogP contribution in [0.1, 0.15) is 6.42 Å². The summed E-state index contributed by atoms with van der Waals surface area (Å²) in [6.45, 7) is 0.257. The minimum atomic E-state index is 0.222. The number of aliphatic hydroxyl groups excluding tert-OH is 1. The highest BCUT2D eigenvalue weighted by Gasteiger charge is 2.41. The van der Waals surface area contributed by atoms with E-state index in [1.54, 1.807) is 0 Å². The van der Waals surface area contributed by atoms with Crippen LogP contribution in [0.2, 0.25) is 0 Å². The van der Waals surface area contributed by atoms with Gasteiger partial charge < -0.3 is 10.8 Å². The Kier molecular flexibility index (Phi) is 1.32. The van der Waals surface area contributed by atoms with E-state index in [4.69, 9.17) is 10.8 Å². The van der Waals surface area contributed by atoms with Crippen molar-refractivity contribution < 1.29 is 5.11 Å². The van der Waals surface area contributed by atoms with Gasteiger partial charge in [0, 0.05) is 18.6 Å². The van der Waals surface area contributed by atoms with Crippen LogP contribution in [0.15, 0.2) is 12.2 Å². The maximum atomic E-state index is 8.94. The summed E-state index contributed by atoms with van der Waals surface area (Å²) >= 11 is 0. The van der Waals surface area contributed by atoms with E-state index in [1.165, 1.54) is 6.42 Å². The van der Waals surface area contributed by atoms with Gasteiger partial charge in [-0.3, -0.25) is 0 Å². The monoisotopic (exact) mass is 139 g/mol. The molecular formula is C8H13NO. The largest absolute Gasteiger partial charge is 0.396 e. The van der Waals surface area contributed by atoms with E-state index >= 15 is 0 Å². The molecule has 0 aromatic carbocycles. The molecule has 0 aromatic rings. The molecule has 0 spiro atoms. The van der Waals surface area contributed by atoms with Crippen LogP contribution < -0.4 is 5.73 Å². The minimum Gasteiger partial charge on any atom is -0.396 e. The molecule has 3 N–H and O–H groups in total. The van der Waals surface area contributed by atoms with Gasteiger partial charge in [0.2, 0.25) is 0 Å². The van der Waals surface area contributed by atoms with Gasteiger partial charge in [0.05, 0.1) is 0 Å². The smallest absolute Gasteiger partial charge is 0.0479 e. The van der Waals surface area contributed by atoms with E-state index in [9.17, 15) is 0 Å². The molecule has 1 fully saturated rings. The van der Waals surface area contributed by atoms with Crippen LogP contribution in [-0.2, 0) is 0 Å². The van der Waals surface area contributed by atoms with Gasteiger partial charge >= 0.3 is 0 Å². The van der Waals surface area contributed by atoms with Gasteiger partial charge in [-0.15, -0.1) is 0 Å². The van der Waals surface area contributed by atoms with Gasteiger partial charge in [-0.2, -0.15) is 0 Å². The molecule has 2 rings (SSSR count). The predicted octanol–water partition coefficient (Wildman–Crippen LogP) is 0.128. The second kappa shape index (κ2) is 2.07. The molecule has 0 unspecified atom stereocenters. The third-order valence-electron chi connectivity index (χ3n) is 2.90. The fourth-order valence-electron chi connectivity index (χ4n) is 2.22. The van der Waals surface area contributed by atoms with Gasteiger partial charge in [0.15, 0.2) is 0 Å². The van der Waals surface area contributed by atoms with E-state index in [0.717, 1.165) is 0 Å². The Bertz CT molecular complexity index is 167. The lowest BCUT2D eigenvalue weighted by Gasteiger charge is -2.21. The summed E-state index contributed by atoms with van der Waals surface area (Å²) < 4.78 is 0. The lowest BCUT2D eigenvalue weighted by Crippen LogP contribution is -2.35. The van der Waals surface area contributed by atoms with Crippen molar-refractivity contribution in [3.63, 3.8) is 0 Å². The fraction of sp³-hybridized carbons (Fsp3) is 0.750. The molecule has 0 radical (unpaired) electrons. The maximum Gasteiger partial charge on any atom is 0.0479 e. The predicted molar refractivity (Wildman–Crippen MR) is 39.3 cm³/mol. The standard InChI is InChI=1S/C8H13NO/c9-8-6-2-1-5(3-6)7(8)4-10/h1-2,5-8,10H,3-4,9H2/t5-,6-,7-,8+/m1/s1. The van der Waals surface area contributed by atoms with Gasteiger partial charge in [-0.1, -0.05) is 12.2 Å². The summed E-state index contributed by atoms with van der Waals surface area (Å²) in [5.74, 6) is 1.47. The summed E-state index contributed by atoms with van der Waals surface area (Å²) in [5.41, 5.74) is 5.86. The fourth-order valence-corrected chi connectivity index (χ4v) is 2.22. The highest BCUT2D eigenvalue weighted by molar-refractivity contribution is 5.15. The van der Waals surface area contributed by atoms with E-state index in [-0.39, 0.29) is 12.6 Å². The zero-order chi connectivity index (χ0) is 7.14. The molecule has 0 aliphatic heterocycles. The zero-order valence-electron chi connectivity index (χ0n) is 5.90. The highest BCUT2D eigenvalue weighted by Crippen LogP contribution is 2.42. The van der Waals surface area contributed by atoms with Gasteiger partial charge in [0.1, 0.15) is 0 Å². The molecule has 2 aliphatic rings. The van der Waals surface area contributed by atoms with Crippen LogP contribution in [0.5, 0.6) is 0 Å². The first-order chi connectivity index (χ1) is 4.83. The van der Waals surface area contributed by atoms with Crippen LogP contribution in [0.4, 0.5) is 0 Å². The number of hydrogen-bond donors (Lipinski definition) is 2. The number of nitrogens with two attached hydrogens (primary N) is 1. The van der Waals surface area contributed by atoms with Crippen molar-refractivity contribution in [2.75, 3.05) is 6.61 Å². The van der Waals surface area contributed by atoms with Crippen LogP contribution in [0.25, 0.3) is 0 Å². The second-order valence-electron chi connectivity index (χ2n) is 3.37. The van der Waals surface area contributed by atoms with Crippen LogP contribution in [-0.4, -0.2) is 17.8 Å². The molecule has 0 amide bonds. The molecule has 4 atom stereocenters. The molecule has 0 saturated heterocycles. The van der Waals surface area contributed by atoms with Crippen molar-refractivity contribution in [3.8, 4) is 0 Å². The quantitative estimate of drug-likeness (QED) is 0.507. The van der Waals surface area contributed by atoms with Crippen LogP contribution >= 0.6 is 0 Å². The first-order valence-electron chi connectivity index (χ1n) is 3.87. The summed E-state index contributed by atoms with van der Waals surface area (Å²) in [5, 5.41) is 8.94. The average Bonchev–Trinajstić information content (AvgIpc) is 2.46. The van der Waals surface area contributed by atoms with Crippen molar-refractivity contribution in [3.05, 3.63) is 12.2 Å². The number of aliphatic hydroxyl groups is 1. The number of rotatable bonds is 1. The summed E-state index contributed by atoms with van der Waals surface area (Å²) in [6.07, 6.45) is 5.57. The lowest BCUT2D eigenvalue weighted by atomic mass is 9.90. The normalized spacial score (nSPS) is 50.6. The Hall–Kier alpha value is -0.340. The maximum absolute atomic E-state index is 8.94. The third-order valence-corrected chi connectivity index (χ3v) is 2.90. The van der Waals surface area contributed by atoms with E-state index in [1.807, 2.05) is 0 Å². The molecule has 2 heteroatoms. The Balaban J connectivity index is 2.18. The molecular weight excluding hydrogens is 126 g/mol. The van der Waals surface area contributed by atoms with E-state index in [0.29, 0.717) is 17.8 Å². The molecule has 0 heterocycles. The van der Waals surface area contributed by atoms with Crippen LogP contribution in [0.3, 0.4) is 0 Å². The average molecular weight is 139 g/mol. The molecule has 56 valence electrons. The molecule has 2 nitrogen and oxygen atoms in total. The first-order valence-corrected chi connectivity index (χ1v) is 3.87. The molecule has 2 aliphatic carbocycles. The third kappa shape index (κ3) is 0.662. The first kappa shape index (κ1) is 6.38. The number of fused-ring (bicyclic) bond motifs is 2. The zero-order valence-corrected chi connectivity index (χ0v) is 5.90. The van der Waals surface area contributed by atoms with Crippen molar-refractivity contribution in [1.82, 2.24) is 0 Å². The Labute approximate surface area is 60.7 Å². The van der Waals surface area contributed by atoms with Gasteiger partial charge in [-0.25, -0.2) is 0 Å². The Morgan fingerprint density at radius 2 is 2.10 bits per heavy atom. The van der Waals surface area contributed by atoms with Crippen molar-refractivity contribution in [1.29, 1.82) is 0 Å². The topological polar surface area (TPSA) is 46.2 Å². The summed E-state index contributed by atoms with van der Waals surface area (Å²) in [7, 11) is 0. The van der Waals surface area contributed by atoms with Gasteiger partial charge in [0.25, 0.3) is 0 Å². The van der Waals surface area contributed by atoms with Crippen LogP contribution in [0, 0.1) is 17.8 Å². The van der Waals surface area contributed by atoms with Crippen molar-refractivity contribution in [2.24, 2.45) is 23.5 Å². The molecule has 2 bridgehead atoms. The minimum absolute atomic E-state index is 0.222. The highest BCUT2D eigenvalue weighted by atomic mass is 16.3. The van der Waals surface area contributed by atoms with Crippen molar-refractivity contribution >= 4 is 0 Å². The Morgan fingerprint density at radius 1 is 1.40 bits per heavy atom. The summed E-state index contributed by atoms with van der Waals surface area (Å²) in [6, 6.07) is 0.222. The number of hydrogen-bond acceptors (Lipinski definition) is 2. The number of allylic oxidation sites excluding steroid dienone is 1. The Morgan fingerprint density at radius 3 is 2.50 bits per heavy atom. The molecule has 10 heavy (non-hydrogen) atoms.